The summed E-state index contributed by atoms with van der Waals surface area (Å²) in [5.74, 6) is -1.42. The second-order valence-electron chi connectivity index (χ2n) is 6.19. The van der Waals surface area contributed by atoms with Crippen LogP contribution in [0.2, 0.25) is 0 Å². The molecule has 23 heavy (non-hydrogen) atoms. The van der Waals surface area contributed by atoms with Crippen LogP contribution >= 0.6 is 0 Å². The summed E-state index contributed by atoms with van der Waals surface area (Å²) in [7, 11) is 0. The van der Waals surface area contributed by atoms with E-state index >= 15 is 0 Å². The lowest BCUT2D eigenvalue weighted by Crippen LogP contribution is -2.59. The maximum Gasteiger partial charge on any atom is 0.257 e. The second kappa shape index (κ2) is 5.95. The van der Waals surface area contributed by atoms with Crippen molar-refractivity contribution >= 4 is 17.6 Å². The van der Waals surface area contributed by atoms with Gasteiger partial charge in [-0.05, 0) is 33.3 Å². The van der Waals surface area contributed by atoms with E-state index in [1.165, 1.54) is 5.01 Å². The predicted octanol–water partition coefficient (Wildman–Crippen LogP) is -0.554. The first-order valence-electron chi connectivity index (χ1n) is 7.75. The minimum absolute atomic E-state index is 0.0780. The molecule has 0 saturated carbocycles. The smallest absolute Gasteiger partial charge is 0.257 e. The molecule has 4 atom stereocenters. The molecule has 1 aromatic heterocycles. The number of fused-ring (bicyclic) bond motifs is 1. The number of anilines is 1. The molecule has 2 aliphatic heterocycles. The number of hydrogen-bond acceptors (Lipinski definition) is 7. The summed E-state index contributed by atoms with van der Waals surface area (Å²) in [4.78, 5) is 33.9. The normalized spacial score (nSPS) is 30.7. The molecule has 2 fully saturated rings. The van der Waals surface area contributed by atoms with Gasteiger partial charge in [0.2, 0.25) is 5.95 Å². The third-order valence-electron chi connectivity index (χ3n) is 4.42. The number of amides is 1. The number of rotatable bonds is 3. The van der Waals surface area contributed by atoms with Crippen molar-refractivity contribution in [2.24, 2.45) is 11.8 Å². The van der Waals surface area contributed by atoms with Gasteiger partial charge in [-0.25, -0.2) is 20.4 Å². The van der Waals surface area contributed by atoms with Crippen LogP contribution in [0, 0.1) is 25.7 Å². The molecule has 0 radical (unpaired) electrons. The first kappa shape index (κ1) is 16.0. The van der Waals surface area contributed by atoms with Crippen LogP contribution in [-0.4, -0.2) is 45.6 Å². The van der Waals surface area contributed by atoms with E-state index in [9.17, 15) is 9.59 Å². The summed E-state index contributed by atoms with van der Waals surface area (Å²) >= 11 is 0. The Morgan fingerprint density at radius 3 is 2.52 bits per heavy atom. The molecule has 8 heteroatoms. The van der Waals surface area contributed by atoms with Crippen LogP contribution in [0.4, 0.5) is 5.95 Å². The van der Waals surface area contributed by atoms with Crippen molar-refractivity contribution in [1.82, 2.24) is 20.7 Å². The summed E-state index contributed by atoms with van der Waals surface area (Å²) in [6.07, 6.45) is -0.117. The van der Waals surface area contributed by atoms with Gasteiger partial charge in [0.15, 0.2) is 5.78 Å². The van der Waals surface area contributed by atoms with Gasteiger partial charge in [0.05, 0.1) is 6.17 Å². The largest absolute Gasteiger partial charge is 0.396 e. The van der Waals surface area contributed by atoms with Crippen LogP contribution in [0.15, 0.2) is 6.07 Å². The van der Waals surface area contributed by atoms with Gasteiger partial charge < -0.3 is 5.11 Å². The summed E-state index contributed by atoms with van der Waals surface area (Å²) in [5.41, 5.74) is 4.51. The number of hydrazine groups is 1. The van der Waals surface area contributed by atoms with Crippen molar-refractivity contribution in [2.45, 2.75) is 39.4 Å². The Balaban J connectivity index is 1.89. The Kier molecular flexibility index (Phi) is 4.13. The lowest BCUT2D eigenvalue weighted by molar-refractivity contribution is -0.137. The van der Waals surface area contributed by atoms with Gasteiger partial charge in [0.25, 0.3) is 5.91 Å². The number of piperidine rings is 1. The van der Waals surface area contributed by atoms with E-state index in [1.54, 1.807) is 0 Å². The monoisotopic (exact) mass is 319 g/mol. The molecule has 3 N–H and O–H groups in total. The maximum atomic E-state index is 12.7. The number of carbonyl (C=O) groups excluding carboxylic acids is 2. The van der Waals surface area contributed by atoms with Gasteiger partial charge in [-0.3, -0.25) is 14.9 Å². The number of carbonyl (C=O) groups is 2. The van der Waals surface area contributed by atoms with Crippen molar-refractivity contribution in [3.63, 3.8) is 0 Å². The van der Waals surface area contributed by atoms with Gasteiger partial charge in [-0.15, -0.1) is 0 Å². The molecule has 1 aromatic rings. The SMILES string of the molecule is Cc1cc(C)nc(N2NC3NC(C)C(CCO)C(=O)C3C2=O)n1. The third kappa shape index (κ3) is 2.73. The van der Waals surface area contributed by atoms with Crippen molar-refractivity contribution in [2.75, 3.05) is 11.6 Å². The number of hydrogen-bond donors (Lipinski definition) is 3. The zero-order chi connectivity index (χ0) is 16.7. The van der Waals surface area contributed by atoms with Crippen LogP contribution in [0.1, 0.15) is 24.7 Å². The molecule has 0 aromatic carbocycles. The number of aryl methyl sites for hydroxylation is 2. The molecule has 4 unspecified atom stereocenters. The van der Waals surface area contributed by atoms with Crippen LogP contribution in [0.25, 0.3) is 0 Å². The van der Waals surface area contributed by atoms with Gasteiger partial charge in [0.1, 0.15) is 5.92 Å². The molecular formula is C15H21N5O3. The quantitative estimate of drug-likeness (QED) is 0.641. The number of aromatic nitrogens is 2. The highest BCUT2D eigenvalue weighted by Crippen LogP contribution is 2.29. The number of aliphatic hydroxyl groups is 1. The van der Waals surface area contributed by atoms with E-state index in [0.717, 1.165) is 11.4 Å². The molecule has 3 heterocycles. The van der Waals surface area contributed by atoms with E-state index in [4.69, 9.17) is 5.11 Å². The lowest BCUT2D eigenvalue weighted by atomic mass is 9.80. The molecule has 8 nitrogen and oxygen atoms in total. The third-order valence-corrected chi connectivity index (χ3v) is 4.42. The van der Waals surface area contributed by atoms with Gasteiger partial charge in [0, 0.05) is 30.0 Å². The standard InChI is InChI=1S/C15H21N5O3/c1-7-6-8(2)17-15(16-7)20-14(23)11-12(22)10(4-5-21)9(3)18-13(11)19-20/h6,9-11,13,18-19,21H,4-5H2,1-3H3. The van der Waals surface area contributed by atoms with Crippen LogP contribution < -0.4 is 15.8 Å². The van der Waals surface area contributed by atoms with E-state index in [1.807, 2.05) is 26.8 Å². The Bertz CT molecular complexity index is 630. The molecule has 2 saturated heterocycles. The van der Waals surface area contributed by atoms with Gasteiger partial charge in [-0.2, -0.15) is 0 Å². The summed E-state index contributed by atoms with van der Waals surface area (Å²) in [5, 5.41) is 13.6. The Labute approximate surface area is 134 Å². The number of nitrogens with zero attached hydrogens (tertiary/aromatic N) is 3. The molecule has 0 bridgehead atoms. The predicted molar refractivity (Wildman–Crippen MR) is 82.2 cm³/mol. The summed E-state index contributed by atoms with van der Waals surface area (Å²) < 4.78 is 0. The highest BCUT2D eigenvalue weighted by molar-refractivity contribution is 6.11. The van der Waals surface area contributed by atoms with E-state index < -0.39 is 12.1 Å². The van der Waals surface area contributed by atoms with Crippen LogP contribution in [-0.2, 0) is 9.59 Å². The van der Waals surface area contributed by atoms with E-state index in [-0.39, 0.29) is 36.2 Å². The van der Waals surface area contributed by atoms with Crippen molar-refractivity contribution < 1.29 is 14.7 Å². The number of Topliss-reactive ketones (excluding diaryl/α,β-unsaturated/α-hetero) is 1. The molecular weight excluding hydrogens is 298 g/mol. The molecule has 2 aliphatic rings. The molecule has 0 spiro atoms. The average molecular weight is 319 g/mol. The average Bonchev–Trinajstić information content (AvgIpc) is 2.79. The molecule has 3 rings (SSSR count). The minimum Gasteiger partial charge on any atom is -0.396 e. The fraction of sp³-hybridized carbons (Fsp3) is 0.600. The Hall–Kier alpha value is -1.90. The first-order valence-corrected chi connectivity index (χ1v) is 7.75. The summed E-state index contributed by atoms with van der Waals surface area (Å²) in [6, 6.07) is 1.70. The zero-order valence-electron chi connectivity index (χ0n) is 13.4. The van der Waals surface area contributed by atoms with Crippen molar-refractivity contribution in [1.29, 1.82) is 0 Å². The Morgan fingerprint density at radius 2 is 1.91 bits per heavy atom. The maximum absolute atomic E-state index is 12.7. The molecule has 1 amide bonds. The van der Waals surface area contributed by atoms with Crippen LogP contribution in [0.3, 0.4) is 0 Å². The molecule has 124 valence electrons. The number of aliphatic hydroxyl groups excluding tert-OH is 1. The Morgan fingerprint density at radius 1 is 1.26 bits per heavy atom. The number of nitrogens with one attached hydrogen (secondary N) is 2. The highest BCUT2D eigenvalue weighted by atomic mass is 16.3. The van der Waals surface area contributed by atoms with Crippen LogP contribution in [0.5, 0.6) is 0 Å². The van der Waals surface area contributed by atoms with Crippen molar-refractivity contribution in [3.05, 3.63) is 17.5 Å². The minimum atomic E-state index is -0.813. The highest BCUT2D eigenvalue weighted by Gasteiger charge is 2.52. The van der Waals surface area contributed by atoms with E-state index in [0.29, 0.717) is 6.42 Å². The summed E-state index contributed by atoms with van der Waals surface area (Å²) in [6.45, 7) is 5.46. The first-order chi connectivity index (χ1) is 10.9. The van der Waals surface area contributed by atoms with Gasteiger partial charge in [-0.1, -0.05) is 0 Å². The fourth-order valence-corrected chi connectivity index (χ4v) is 3.35. The van der Waals surface area contributed by atoms with E-state index in [2.05, 4.69) is 20.7 Å². The number of ketones is 1. The fourth-order valence-electron chi connectivity index (χ4n) is 3.35. The molecule has 0 aliphatic carbocycles. The second-order valence-corrected chi connectivity index (χ2v) is 6.19. The van der Waals surface area contributed by atoms with Gasteiger partial charge >= 0.3 is 0 Å². The lowest BCUT2D eigenvalue weighted by Gasteiger charge is -2.34. The zero-order valence-corrected chi connectivity index (χ0v) is 13.4. The van der Waals surface area contributed by atoms with Crippen molar-refractivity contribution in [3.8, 4) is 0 Å². The topological polar surface area (TPSA) is 107 Å².